The molecule has 5 N–H and O–H groups in total. The number of hydrogen-bond donors (Lipinski definition) is 4. The Morgan fingerprint density at radius 3 is 2.48 bits per heavy atom. The maximum absolute atomic E-state index is 12.2. The third kappa shape index (κ3) is 4.77. The Morgan fingerprint density at radius 1 is 1.16 bits per heavy atom. The third-order valence-corrected chi connectivity index (χ3v) is 4.75. The van der Waals surface area contributed by atoms with E-state index in [1.165, 1.54) is 0 Å². The van der Waals surface area contributed by atoms with Crippen LogP contribution < -0.4 is 21.9 Å². The minimum Gasteiger partial charge on any atom is -0.396 e. The molecule has 0 atom stereocenters. The Morgan fingerprint density at radius 2 is 1.84 bits per heavy atom. The number of nitrogens with one attached hydrogen (secondary N) is 3. The highest BCUT2D eigenvalue weighted by molar-refractivity contribution is 7.80. The molecule has 1 aromatic heterocycles. The van der Waals surface area contributed by atoms with E-state index in [1.54, 1.807) is 12.1 Å². The first-order valence-electron chi connectivity index (χ1n) is 6.64. The van der Waals surface area contributed by atoms with E-state index in [-0.39, 0.29) is 31.7 Å². The standard InChI is InChI=1S/C14H11Cl4N5OS/c1-5-2-3-6(4-7(5)15)20-14(25)23-22-13(24)11-8(16)10(19)9(17)12(18)21-11/h2-4H,1H3,(H2,19,21)(H,22,24)(H2,20,23,25). The van der Waals surface area contributed by atoms with Crippen LogP contribution in [0.3, 0.4) is 0 Å². The average Bonchev–Trinajstić information content (AvgIpc) is 2.57. The molecule has 0 radical (unpaired) electrons. The second-order valence-corrected chi connectivity index (χ2v) is 6.72. The van der Waals surface area contributed by atoms with Crippen LogP contribution in [0.25, 0.3) is 0 Å². The zero-order valence-electron chi connectivity index (χ0n) is 12.6. The number of benzene rings is 1. The van der Waals surface area contributed by atoms with E-state index >= 15 is 0 Å². The normalized spacial score (nSPS) is 10.3. The van der Waals surface area contributed by atoms with Gasteiger partial charge in [-0.15, -0.1) is 0 Å². The van der Waals surface area contributed by atoms with Crippen molar-refractivity contribution in [3.63, 3.8) is 0 Å². The van der Waals surface area contributed by atoms with Crippen LogP contribution in [-0.4, -0.2) is 16.0 Å². The molecule has 1 aromatic carbocycles. The minimum absolute atomic E-state index is 0.0235. The molecule has 0 aliphatic rings. The van der Waals surface area contributed by atoms with Gasteiger partial charge in [-0.2, -0.15) is 0 Å². The van der Waals surface area contributed by atoms with Gasteiger partial charge in [-0.05, 0) is 36.8 Å². The molecule has 132 valence electrons. The summed E-state index contributed by atoms with van der Waals surface area (Å²) < 4.78 is 0. The number of aryl methyl sites for hydroxylation is 1. The van der Waals surface area contributed by atoms with Crippen LogP contribution in [0, 0.1) is 6.92 Å². The van der Waals surface area contributed by atoms with Crippen molar-refractivity contribution in [2.45, 2.75) is 6.92 Å². The highest BCUT2D eigenvalue weighted by atomic mass is 35.5. The lowest BCUT2D eigenvalue weighted by Crippen LogP contribution is -2.44. The fourth-order valence-electron chi connectivity index (χ4n) is 1.69. The Kier molecular flexibility index (Phi) is 6.53. The number of amides is 1. The number of nitrogen functional groups attached to an aromatic ring is 1. The van der Waals surface area contributed by atoms with E-state index in [4.69, 9.17) is 64.4 Å². The molecule has 2 aromatic rings. The summed E-state index contributed by atoms with van der Waals surface area (Å²) in [5.41, 5.74) is 11.9. The van der Waals surface area contributed by atoms with Gasteiger partial charge in [0.15, 0.2) is 16.0 Å². The molecule has 0 aliphatic heterocycles. The summed E-state index contributed by atoms with van der Waals surface area (Å²) in [5, 5.41) is 3.29. The highest BCUT2D eigenvalue weighted by Gasteiger charge is 2.19. The quantitative estimate of drug-likeness (QED) is 0.318. The topological polar surface area (TPSA) is 92.1 Å². The number of thiocarbonyl (C=S) groups is 1. The van der Waals surface area contributed by atoms with Crippen molar-refractivity contribution in [3.05, 3.63) is 49.7 Å². The number of pyridine rings is 1. The number of carbonyl (C=O) groups is 1. The lowest BCUT2D eigenvalue weighted by Gasteiger charge is -2.13. The van der Waals surface area contributed by atoms with E-state index in [0.717, 1.165) is 5.56 Å². The number of hydrogen-bond acceptors (Lipinski definition) is 4. The average molecular weight is 439 g/mol. The Labute approximate surface area is 168 Å². The van der Waals surface area contributed by atoms with Gasteiger partial charge in [-0.25, -0.2) is 4.98 Å². The predicted octanol–water partition coefficient (Wildman–Crippen LogP) is 4.22. The number of rotatable bonds is 2. The van der Waals surface area contributed by atoms with E-state index < -0.39 is 5.91 Å². The molecular formula is C14H11Cl4N5OS. The van der Waals surface area contributed by atoms with E-state index in [9.17, 15) is 4.79 Å². The summed E-state index contributed by atoms with van der Waals surface area (Å²) in [7, 11) is 0. The van der Waals surface area contributed by atoms with Gasteiger partial charge >= 0.3 is 0 Å². The van der Waals surface area contributed by atoms with Crippen LogP contribution in [0.4, 0.5) is 11.4 Å². The van der Waals surface area contributed by atoms with Gasteiger partial charge < -0.3 is 11.1 Å². The van der Waals surface area contributed by atoms with Crippen molar-refractivity contribution >= 4 is 81.0 Å². The van der Waals surface area contributed by atoms with E-state index in [2.05, 4.69) is 21.2 Å². The van der Waals surface area contributed by atoms with Crippen LogP contribution in [0.1, 0.15) is 16.1 Å². The SMILES string of the molecule is Cc1ccc(NC(=S)NNC(=O)c2nc(Cl)c(Cl)c(N)c2Cl)cc1Cl. The molecule has 0 unspecified atom stereocenters. The zero-order valence-corrected chi connectivity index (χ0v) is 16.4. The molecule has 0 fully saturated rings. The summed E-state index contributed by atoms with van der Waals surface area (Å²) >= 11 is 28.7. The molecule has 0 saturated heterocycles. The smallest absolute Gasteiger partial charge is 0.289 e. The molecule has 11 heteroatoms. The van der Waals surface area contributed by atoms with Crippen molar-refractivity contribution in [2.24, 2.45) is 0 Å². The van der Waals surface area contributed by atoms with Gasteiger partial charge in [0.1, 0.15) is 5.02 Å². The lowest BCUT2D eigenvalue weighted by molar-refractivity contribution is 0.0939. The molecule has 0 spiro atoms. The number of nitrogens with zero attached hydrogens (tertiary/aromatic N) is 1. The summed E-state index contributed by atoms with van der Waals surface area (Å²) in [6, 6.07) is 5.31. The van der Waals surface area contributed by atoms with Gasteiger partial charge in [0.2, 0.25) is 0 Å². The molecule has 0 aliphatic carbocycles. The number of halogens is 4. The van der Waals surface area contributed by atoms with Gasteiger partial charge in [0, 0.05) is 10.7 Å². The van der Waals surface area contributed by atoms with Gasteiger partial charge in [-0.3, -0.25) is 15.6 Å². The minimum atomic E-state index is -0.693. The molecule has 2 rings (SSSR count). The van der Waals surface area contributed by atoms with Gasteiger partial charge in [-0.1, -0.05) is 52.5 Å². The van der Waals surface area contributed by atoms with Crippen molar-refractivity contribution in [3.8, 4) is 0 Å². The summed E-state index contributed by atoms with van der Waals surface area (Å²) in [6.07, 6.45) is 0. The predicted molar refractivity (Wildman–Crippen MR) is 107 cm³/mol. The van der Waals surface area contributed by atoms with E-state index in [1.807, 2.05) is 13.0 Å². The highest BCUT2D eigenvalue weighted by Crippen LogP contribution is 2.34. The third-order valence-electron chi connectivity index (χ3n) is 3.01. The molecule has 25 heavy (non-hydrogen) atoms. The number of carbonyl (C=O) groups excluding carboxylic acids is 1. The maximum Gasteiger partial charge on any atom is 0.289 e. The van der Waals surface area contributed by atoms with Crippen molar-refractivity contribution in [1.82, 2.24) is 15.8 Å². The monoisotopic (exact) mass is 437 g/mol. The second kappa shape index (κ2) is 8.25. The van der Waals surface area contributed by atoms with E-state index in [0.29, 0.717) is 10.7 Å². The summed E-state index contributed by atoms with van der Waals surface area (Å²) in [4.78, 5) is 16.0. The summed E-state index contributed by atoms with van der Waals surface area (Å²) in [6.45, 7) is 1.88. The van der Waals surface area contributed by atoms with Gasteiger partial charge in [0.25, 0.3) is 5.91 Å². The Hall–Kier alpha value is -1.51. The van der Waals surface area contributed by atoms with Crippen LogP contribution >= 0.6 is 58.6 Å². The van der Waals surface area contributed by atoms with Crippen molar-refractivity contribution in [2.75, 3.05) is 11.1 Å². The number of anilines is 2. The zero-order chi connectivity index (χ0) is 18.7. The van der Waals surface area contributed by atoms with Crippen LogP contribution in [0.2, 0.25) is 20.2 Å². The molecule has 0 bridgehead atoms. The number of nitrogens with two attached hydrogens (primary N) is 1. The number of hydrazine groups is 1. The molecule has 0 saturated carbocycles. The number of aromatic nitrogens is 1. The fourth-order valence-corrected chi connectivity index (χ4v) is 2.63. The first-order chi connectivity index (χ1) is 11.7. The van der Waals surface area contributed by atoms with Crippen LogP contribution in [0.15, 0.2) is 18.2 Å². The first-order valence-corrected chi connectivity index (χ1v) is 8.56. The van der Waals surface area contributed by atoms with Crippen LogP contribution in [0.5, 0.6) is 0 Å². The lowest BCUT2D eigenvalue weighted by atomic mass is 10.2. The van der Waals surface area contributed by atoms with Crippen molar-refractivity contribution < 1.29 is 4.79 Å². The Bertz CT molecular complexity index is 862. The first kappa shape index (κ1) is 19.8. The molecule has 1 heterocycles. The van der Waals surface area contributed by atoms with Crippen LogP contribution in [-0.2, 0) is 0 Å². The summed E-state index contributed by atoms with van der Waals surface area (Å²) in [5.74, 6) is -0.693. The van der Waals surface area contributed by atoms with Gasteiger partial charge in [0.05, 0.1) is 10.7 Å². The van der Waals surface area contributed by atoms with Crippen molar-refractivity contribution in [1.29, 1.82) is 0 Å². The molecular weight excluding hydrogens is 428 g/mol. The largest absolute Gasteiger partial charge is 0.396 e. The molecule has 6 nitrogen and oxygen atoms in total. The fraction of sp³-hybridized carbons (Fsp3) is 0.0714. The second-order valence-electron chi connectivity index (χ2n) is 4.79. The molecule has 1 amide bonds. The Balaban J connectivity index is 2.02. The maximum atomic E-state index is 12.2.